The van der Waals surface area contributed by atoms with E-state index in [2.05, 4.69) is 15.8 Å². The molecule has 0 saturated heterocycles. The third-order valence-electron chi connectivity index (χ3n) is 3.22. The summed E-state index contributed by atoms with van der Waals surface area (Å²) < 4.78 is 18.1. The number of halogens is 1. The first kappa shape index (κ1) is 16.7. The van der Waals surface area contributed by atoms with Gasteiger partial charge in [0, 0.05) is 25.6 Å². The number of amides is 2. The molecule has 7 heteroatoms. The summed E-state index contributed by atoms with van der Waals surface area (Å²) in [6.45, 7) is 3.98. The highest BCUT2D eigenvalue weighted by atomic mass is 19.1. The van der Waals surface area contributed by atoms with Crippen LogP contribution < -0.4 is 10.6 Å². The summed E-state index contributed by atoms with van der Waals surface area (Å²) in [5.41, 5.74) is 1.31. The largest absolute Gasteiger partial charge is 0.360 e. The second-order valence-corrected chi connectivity index (χ2v) is 5.06. The zero-order valence-corrected chi connectivity index (χ0v) is 13.0. The summed E-state index contributed by atoms with van der Waals surface area (Å²) in [5, 5.41) is 9.30. The van der Waals surface area contributed by atoms with Crippen LogP contribution >= 0.6 is 0 Å². The molecule has 0 fully saturated rings. The maximum atomic E-state index is 13.0. The highest BCUT2D eigenvalue weighted by molar-refractivity contribution is 6.00. The Balaban J connectivity index is 2.04. The zero-order valence-electron chi connectivity index (χ0n) is 13.0. The van der Waals surface area contributed by atoms with Crippen molar-refractivity contribution in [1.82, 2.24) is 15.8 Å². The quantitative estimate of drug-likeness (QED) is 0.798. The monoisotopic (exact) mass is 319 g/mol. The standard InChI is InChI=1S/C16H18FN3O3/c1-10-14(16(22)19-9-3-8-18-11(2)21)15(20-23-10)12-4-6-13(17)7-5-12/h4-7H,3,8-9H2,1-2H3,(H,18,21)(H,19,22). The second-order valence-electron chi connectivity index (χ2n) is 5.06. The Morgan fingerprint density at radius 2 is 1.83 bits per heavy atom. The zero-order chi connectivity index (χ0) is 16.8. The molecule has 23 heavy (non-hydrogen) atoms. The predicted octanol–water partition coefficient (Wildman–Crippen LogP) is 2.05. The number of aromatic nitrogens is 1. The van der Waals surface area contributed by atoms with E-state index in [9.17, 15) is 14.0 Å². The number of carbonyl (C=O) groups excluding carboxylic acids is 2. The van der Waals surface area contributed by atoms with E-state index in [0.717, 1.165) is 0 Å². The van der Waals surface area contributed by atoms with E-state index in [1.54, 1.807) is 19.1 Å². The molecule has 0 saturated carbocycles. The van der Waals surface area contributed by atoms with Crippen molar-refractivity contribution < 1.29 is 18.5 Å². The van der Waals surface area contributed by atoms with Crippen LogP contribution in [0.1, 0.15) is 29.5 Å². The molecule has 0 aliphatic rings. The van der Waals surface area contributed by atoms with Crippen molar-refractivity contribution in [3.8, 4) is 11.3 Å². The Morgan fingerprint density at radius 3 is 2.48 bits per heavy atom. The number of nitrogens with one attached hydrogen (secondary N) is 2. The van der Waals surface area contributed by atoms with Crippen LogP contribution in [0.4, 0.5) is 4.39 Å². The first-order valence-electron chi connectivity index (χ1n) is 7.24. The minimum Gasteiger partial charge on any atom is -0.360 e. The van der Waals surface area contributed by atoms with Gasteiger partial charge in [-0.15, -0.1) is 0 Å². The Labute approximate surface area is 133 Å². The molecule has 0 atom stereocenters. The highest BCUT2D eigenvalue weighted by Crippen LogP contribution is 2.25. The topological polar surface area (TPSA) is 84.2 Å². The van der Waals surface area contributed by atoms with E-state index in [4.69, 9.17) is 4.52 Å². The van der Waals surface area contributed by atoms with Crippen LogP contribution in [0.25, 0.3) is 11.3 Å². The Bertz CT molecular complexity index is 695. The van der Waals surface area contributed by atoms with E-state index in [1.165, 1.54) is 19.1 Å². The van der Waals surface area contributed by atoms with Gasteiger partial charge in [-0.05, 0) is 37.6 Å². The van der Waals surface area contributed by atoms with Crippen molar-refractivity contribution >= 4 is 11.8 Å². The number of rotatable bonds is 6. The van der Waals surface area contributed by atoms with Gasteiger partial charge in [-0.1, -0.05) is 5.16 Å². The predicted molar refractivity (Wildman–Crippen MR) is 82.3 cm³/mol. The molecule has 0 bridgehead atoms. The van der Waals surface area contributed by atoms with Gasteiger partial charge in [-0.3, -0.25) is 9.59 Å². The van der Waals surface area contributed by atoms with Gasteiger partial charge in [0.15, 0.2) is 0 Å². The summed E-state index contributed by atoms with van der Waals surface area (Å²) in [5.74, 6) is -0.391. The van der Waals surface area contributed by atoms with Gasteiger partial charge in [-0.2, -0.15) is 0 Å². The average Bonchev–Trinajstić information content (AvgIpc) is 2.89. The average molecular weight is 319 g/mol. The third-order valence-corrected chi connectivity index (χ3v) is 3.22. The minimum absolute atomic E-state index is 0.107. The van der Waals surface area contributed by atoms with E-state index in [1.807, 2.05) is 0 Å². The maximum Gasteiger partial charge on any atom is 0.257 e. The molecule has 1 aromatic carbocycles. The third kappa shape index (κ3) is 4.38. The number of benzene rings is 1. The Morgan fingerprint density at radius 1 is 1.17 bits per heavy atom. The molecule has 1 heterocycles. The van der Waals surface area contributed by atoms with Crippen LogP contribution in [0.2, 0.25) is 0 Å². The lowest BCUT2D eigenvalue weighted by atomic mass is 10.1. The molecule has 2 aromatic rings. The van der Waals surface area contributed by atoms with E-state index in [0.29, 0.717) is 42.1 Å². The van der Waals surface area contributed by atoms with Crippen LogP contribution in [0.5, 0.6) is 0 Å². The molecule has 122 valence electrons. The van der Waals surface area contributed by atoms with E-state index in [-0.39, 0.29) is 17.6 Å². The van der Waals surface area contributed by atoms with Gasteiger partial charge in [-0.25, -0.2) is 4.39 Å². The van der Waals surface area contributed by atoms with Gasteiger partial charge in [0.2, 0.25) is 5.91 Å². The lowest BCUT2D eigenvalue weighted by molar-refractivity contribution is -0.118. The second kappa shape index (κ2) is 7.53. The molecular weight excluding hydrogens is 301 g/mol. The van der Waals surface area contributed by atoms with Gasteiger partial charge in [0.1, 0.15) is 22.8 Å². The molecule has 0 aliphatic heterocycles. The van der Waals surface area contributed by atoms with Gasteiger partial charge < -0.3 is 15.2 Å². The van der Waals surface area contributed by atoms with E-state index < -0.39 is 0 Å². The van der Waals surface area contributed by atoms with Crippen molar-refractivity contribution in [3.05, 3.63) is 41.4 Å². The summed E-state index contributed by atoms with van der Waals surface area (Å²) in [6, 6.07) is 5.68. The van der Waals surface area contributed by atoms with Gasteiger partial charge in [0.05, 0.1) is 0 Å². The fourth-order valence-electron chi connectivity index (χ4n) is 2.09. The number of hydrogen-bond acceptors (Lipinski definition) is 4. The molecule has 0 radical (unpaired) electrons. The van der Waals surface area contributed by atoms with Crippen molar-refractivity contribution in [3.63, 3.8) is 0 Å². The number of nitrogens with zero attached hydrogens (tertiary/aromatic N) is 1. The van der Waals surface area contributed by atoms with Crippen LogP contribution in [0, 0.1) is 12.7 Å². The maximum absolute atomic E-state index is 13.0. The first-order valence-corrected chi connectivity index (χ1v) is 7.24. The lowest BCUT2D eigenvalue weighted by Gasteiger charge is -2.06. The van der Waals surface area contributed by atoms with Crippen LogP contribution in [-0.2, 0) is 4.79 Å². The van der Waals surface area contributed by atoms with E-state index >= 15 is 0 Å². The normalized spacial score (nSPS) is 10.4. The molecule has 2 rings (SSSR count). The summed E-state index contributed by atoms with van der Waals surface area (Å²) >= 11 is 0. The minimum atomic E-state index is -0.363. The molecule has 6 nitrogen and oxygen atoms in total. The van der Waals surface area contributed by atoms with Crippen molar-refractivity contribution in [2.24, 2.45) is 0 Å². The number of hydrogen-bond donors (Lipinski definition) is 2. The molecule has 1 aromatic heterocycles. The molecule has 2 amide bonds. The van der Waals surface area contributed by atoms with Gasteiger partial charge >= 0.3 is 0 Å². The molecule has 2 N–H and O–H groups in total. The lowest BCUT2D eigenvalue weighted by Crippen LogP contribution is -2.29. The smallest absolute Gasteiger partial charge is 0.257 e. The van der Waals surface area contributed by atoms with Crippen molar-refractivity contribution in [2.75, 3.05) is 13.1 Å². The SMILES string of the molecule is CC(=O)NCCCNC(=O)c1c(-c2ccc(F)cc2)noc1C. The van der Waals surface area contributed by atoms with Crippen molar-refractivity contribution in [2.45, 2.75) is 20.3 Å². The summed E-state index contributed by atoms with van der Waals surface area (Å²) in [7, 11) is 0. The van der Waals surface area contributed by atoms with Crippen LogP contribution in [-0.4, -0.2) is 30.1 Å². The summed E-state index contributed by atoms with van der Waals surface area (Å²) in [6.07, 6.45) is 0.613. The fourth-order valence-corrected chi connectivity index (χ4v) is 2.09. The molecule has 0 aliphatic carbocycles. The fraction of sp³-hybridized carbons (Fsp3) is 0.312. The summed E-state index contributed by atoms with van der Waals surface area (Å²) in [4.78, 5) is 23.1. The number of carbonyl (C=O) groups is 2. The first-order chi connectivity index (χ1) is 11.0. The van der Waals surface area contributed by atoms with Gasteiger partial charge in [0.25, 0.3) is 5.91 Å². The van der Waals surface area contributed by atoms with Crippen molar-refractivity contribution in [1.29, 1.82) is 0 Å². The number of aryl methyl sites for hydroxylation is 1. The Kier molecular flexibility index (Phi) is 5.46. The molecule has 0 unspecified atom stereocenters. The molecule has 0 spiro atoms. The molecular formula is C16H18FN3O3. The van der Waals surface area contributed by atoms with Crippen LogP contribution in [0.15, 0.2) is 28.8 Å². The van der Waals surface area contributed by atoms with Crippen LogP contribution in [0.3, 0.4) is 0 Å². The highest BCUT2D eigenvalue weighted by Gasteiger charge is 2.21. The Hall–Kier alpha value is -2.70.